The zero-order chi connectivity index (χ0) is 16.9. The quantitative estimate of drug-likeness (QED) is 0.712. The van der Waals surface area contributed by atoms with Crippen LogP contribution in [-0.4, -0.2) is 26.9 Å². The Balaban J connectivity index is 1.70. The van der Waals surface area contributed by atoms with Gasteiger partial charge >= 0.3 is 0 Å². The first kappa shape index (κ1) is 16.3. The van der Waals surface area contributed by atoms with E-state index in [1.54, 1.807) is 6.20 Å². The topological polar surface area (TPSA) is 41.9 Å². The zero-order valence-electron chi connectivity index (χ0n) is 14.3. The maximum absolute atomic E-state index is 4.53. The van der Waals surface area contributed by atoms with Crippen molar-refractivity contribution in [1.82, 2.24) is 19.9 Å². The van der Waals surface area contributed by atoms with E-state index in [-0.39, 0.29) is 6.04 Å². The third-order valence-corrected chi connectivity index (χ3v) is 4.24. The monoisotopic (exact) mass is 318 g/mol. The molecule has 0 aliphatic rings. The number of nitrogens with zero attached hydrogens (tertiary/aromatic N) is 4. The van der Waals surface area contributed by atoms with Gasteiger partial charge < -0.3 is 0 Å². The van der Waals surface area contributed by atoms with E-state index in [9.17, 15) is 0 Å². The molecule has 4 heteroatoms. The van der Waals surface area contributed by atoms with Crippen molar-refractivity contribution in [3.05, 3.63) is 77.9 Å². The first-order valence-corrected chi connectivity index (χ1v) is 8.11. The molecule has 3 aromatic rings. The zero-order valence-corrected chi connectivity index (χ0v) is 14.3. The molecule has 2 aromatic heterocycles. The van der Waals surface area contributed by atoms with Gasteiger partial charge in [0.05, 0.1) is 0 Å². The van der Waals surface area contributed by atoms with Crippen molar-refractivity contribution in [2.75, 3.05) is 7.05 Å². The fraction of sp³-hybridized carbons (Fsp3) is 0.250. The van der Waals surface area contributed by atoms with Gasteiger partial charge in [-0.15, -0.1) is 0 Å². The molecule has 0 saturated heterocycles. The van der Waals surface area contributed by atoms with Crippen LogP contribution in [0, 0.1) is 6.92 Å². The van der Waals surface area contributed by atoms with Gasteiger partial charge in [0.2, 0.25) is 0 Å². The molecule has 0 bridgehead atoms. The SMILES string of the molecule is Cc1cccc(-c2ncc(CN(C)[C@@H](C)c3cccnc3)cn2)c1. The molecule has 0 aliphatic heterocycles. The van der Waals surface area contributed by atoms with Crippen LogP contribution >= 0.6 is 0 Å². The van der Waals surface area contributed by atoms with Crippen LogP contribution in [0.25, 0.3) is 11.4 Å². The third kappa shape index (κ3) is 3.84. The Labute approximate surface area is 143 Å². The van der Waals surface area contributed by atoms with Crippen LogP contribution in [0.15, 0.2) is 61.2 Å². The van der Waals surface area contributed by atoms with E-state index in [4.69, 9.17) is 0 Å². The van der Waals surface area contributed by atoms with Crippen molar-refractivity contribution in [1.29, 1.82) is 0 Å². The Hall–Kier alpha value is -2.59. The van der Waals surface area contributed by atoms with Gasteiger partial charge in [-0.1, -0.05) is 29.8 Å². The van der Waals surface area contributed by atoms with E-state index < -0.39 is 0 Å². The molecule has 1 atom stereocenters. The van der Waals surface area contributed by atoms with Crippen LogP contribution in [0.5, 0.6) is 0 Å². The van der Waals surface area contributed by atoms with Crippen LogP contribution in [0.2, 0.25) is 0 Å². The maximum atomic E-state index is 4.53. The van der Waals surface area contributed by atoms with Gasteiger partial charge in [-0.25, -0.2) is 9.97 Å². The second kappa shape index (κ2) is 7.32. The molecule has 24 heavy (non-hydrogen) atoms. The number of hydrogen-bond donors (Lipinski definition) is 0. The smallest absolute Gasteiger partial charge is 0.159 e. The van der Waals surface area contributed by atoms with Crippen LogP contribution in [-0.2, 0) is 6.54 Å². The van der Waals surface area contributed by atoms with Gasteiger partial charge in [0.15, 0.2) is 5.82 Å². The first-order chi connectivity index (χ1) is 11.6. The molecule has 0 radical (unpaired) electrons. The van der Waals surface area contributed by atoms with E-state index in [2.05, 4.69) is 58.9 Å². The molecule has 0 fully saturated rings. The van der Waals surface area contributed by atoms with Crippen molar-refractivity contribution >= 4 is 0 Å². The van der Waals surface area contributed by atoms with E-state index in [1.807, 2.05) is 36.8 Å². The van der Waals surface area contributed by atoms with Crippen molar-refractivity contribution in [2.45, 2.75) is 26.4 Å². The number of pyridine rings is 1. The minimum Gasteiger partial charge on any atom is -0.295 e. The summed E-state index contributed by atoms with van der Waals surface area (Å²) in [5.41, 5.74) is 4.57. The molecule has 0 aliphatic carbocycles. The molecular formula is C20H22N4. The van der Waals surface area contributed by atoms with Gasteiger partial charge in [0.25, 0.3) is 0 Å². The molecule has 0 unspecified atom stereocenters. The molecule has 0 N–H and O–H groups in total. The Kier molecular flexibility index (Phi) is 4.96. The molecule has 0 saturated carbocycles. The maximum Gasteiger partial charge on any atom is 0.159 e. The van der Waals surface area contributed by atoms with Crippen molar-refractivity contribution in [2.24, 2.45) is 0 Å². The number of aryl methyl sites for hydroxylation is 1. The summed E-state index contributed by atoms with van der Waals surface area (Å²) in [5, 5.41) is 0. The minimum absolute atomic E-state index is 0.287. The van der Waals surface area contributed by atoms with Crippen LogP contribution in [0.3, 0.4) is 0 Å². The average molecular weight is 318 g/mol. The lowest BCUT2D eigenvalue weighted by molar-refractivity contribution is 0.252. The van der Waals surface area contributed by atoms with Crippen LogP contribution in [0.1, 0.15) is 29.7 Å². The molecule has 0 amide bonds. The summed E-state index contributed by atoms with van der Waals surface area (Å²) in [4.78, 5) is 15.5. The van der Waals surface area contributed by atoms with Gasteiger partial charge in [0.1, 0.15) is 0 Å². The Morgan fingerprint density at radius 2 is 1.83 bits per heavy atom. The number of rotatable bonds is 5. The van der Waals surface area contributed by atoms with E-state index in [0.29, 0.717) is 0 Å². The van der Waals surface area contributed by atoms with Crippen LogP contribution in [0.4, 0.5) is 0 Å². The minimum atomic E-state index is 0.287. The number of aromatic nitrogens is 3. The predicted molar refractivity (Wildman–Crippen MR) is 96.3 cm³/mol. The summed E-state index contributed by atoms with van der Waals surface area (Å²) in [6.07, 6.45) is 7.54. The highest BCUT2D eigenvalue weighted by atomic mass is 15.1. The second-order valence-corrected chi connectivity index (χ2v) is 6.16. The summed E-state index contributed by atoms with van der Waals surface area (Å²) in [5.74, 6) is 0.769. The molecule has 2 heterocycles. The Bertz CT molecular complexity index is 784. The molecular weight excluding hydrogens is 296 g/mol. The third-order valence-electron chi connectivity index (χ3n) is 4.24. The van der Waals surface area contributed by atoms with Gasteiger partial charge in [-0.05, 0) is 38.6 Å². The van der Waals surface area contributed by atoms with Crippen molar-refractivity contribution in [3.63, 3.8) is 0 Å². The molecule has 122 valence electrons. The summed E-state index contributed by atoms with van der Waals surface area (Å²) in [6, 6.07) is 12.6. The largest absolute Gasteiger partial charge is 0.295 e. The standard InChI is InChI=1S/C20H22N4/c1-15-6-4-7-18(10-15)20-22-11-17(12-23-20)14-24(3)16(2)19-8-5-9-21-13-19/h4-13,16H,14H2,1-3H3/t16-/m0/s1. The second-order valence-electron chi connectivity index (χ2n) is 6.16. The van der Waals surface area contributed by atoms with Crippen molar-refractivity contribution in [3.8, 4) is 11.4 Å². The lowest BCUT2D eigenvalue weighted by atomic mass is 10.1. The Morgan fingerprint density at radius 3 is 2.50 bits per heavy atom. The Morgan fingerprint density at radius 1 is 1.04 bits per heavy atom. The summed E-state index contributed by atoms with van der Waals surface area (Å²) in [7, 11) is 2.10. The summed E-state index contributed by atoms with van der Waals surface area (Å²) >= 11 is 0. The van der Waals surface area contributed by atoms with E-state index >= 15 is 0 Å². The van der Waals surface area contributed by atoms with E-state index in [1.165, 1.54) is 11.1 Å². The van der Waals surface area contributed by atoms with Gasteiger partial charge in [-0.2, -0.15) is 0 Å². The fourth-order valence-corrected chi connectivity index (χ4v) is 2.67. The first-order valence-electron chi connectivity index (χ1n) is 8.11. The molecule has 0 spiro atoms. The van der Waals surface area contributed by atoms with Gasteiger partial charge in [0, 0.05) is 48.5 Å². The fourth-order valence-electron chi connectivity index (χ4n) is 2.67. The number of benzene rings is 1. The summed E-state index contributed by atoms with van der Waals surface area (Å²) in [6.45, 7) is 5.05. The van der Waals surface area contributed by atoms with Crippen LogP contribution < -0.4 is 0 Å². The molecule has 1 aromatic carbocycles. The highest BCUT2D eigenvalue weighted by Gasteiger charge is 2.12. The van der Waals surface area contributed by atoms with E-state index in [0.717, 1.165) is 23.5 Å². The van der Waals surface area contributed by atoms with Crippen molar-refractivity contribution < 1.29 is 0 Å². The highest BCUT2D eigenvalue weighted by molar-refractivity contribution is 5.55. The lowest BCUT2D eigenvalue weighted by Gasteiger charge is -2.24. The summed E-state index contributed by atoms with van der Waals surface area (Å²) < 4.78 is 0. The number of hydrogen-bond acceptors (Lipinski definition) is 4. The normalized spacial score (nSPS) is 12.3. The highest BCUT2D eigenvalue weighted by Crippen LogP contribution is 2.20. The van der Waals surface area contributed by atoms with Gasteiger partial charge in [-0.3, -0.25) is 9.88 Å². The lowest BCUT2D eigenvalue weighted by Crippen LogP contribution is -2.22. The average Bonchev–Trinajstić information content (AvgIpc) is 2.62. The molecule has 4 nitrogen and oxygen atoms in total. The molecule has 3 rings (SSSR count). The predicted octanol–water partition coefficient (Wildman–Crippen LogP) is 4.04.